The molecule has 0 radical (unpaired) electrons. The SMILES string of the molecule is COC(=O)c1cccc2c1C(Br)C(Br)c1ccccc1-2. The minimum absolute atomic E-state index is 0.0303. The third-order valence-corrected chi connectivity index (χ3v) is 6.31. The number of hydrogen-bond acceptors (Lipinski definition) is 2. The monoisotopic (exact) mass is 394 g/mol. The summed E-state index contributed by atoms with van der Waals surface area (Å²) in [6.07, 6.45) is 0. The predicted octanol–water partition coefficient (Wildman–Crippen LogP) is 5.03. The summed E-state index contributed by atoms with van der Waals surface area (Å²) >= 11 is 7.44. The summed E-state index contributed by atoms with van der Waals surface area (Å²) in [6, 6.07) is 14.0. The van der Waals surface area contributed by atoms with Crippen LogP contribution in [0.1, 0.15) is 31.1 Å². The Bertz CT molecular complexity index is 682. The first-order valence-corrected chi connectivity index (χ1v) is 8.07. The summed E-state index contributed by atoms with van der Waals surface area (Å²) in [4.78, 5) is 12.1. The van der Waals surface area contributed by atoms with Gasteiger partial charge in [0, 0.05) is 0 Å². The number of benzene rings is 2. The van der Waals surface area contributed by atoms with E-state index in [0.29, 0.717) is 5.56 Å². The molecule has 2 unspecified atom stereocenters. The zero-order valence-corrected chi connectivity index (χ0v) is 13.9. The Labute approximate surface area is 134 Å². The lowest BCUT2D eigenvalue weighted by Gasteiger charge is -2.30. The molecule has 1 aliphatic carbocycles. The Balaban J connectivity index is 2.31. The molecule has 2 aromatic carbocycles. The van der Waals surface area contributed by atoms with Gasteiger partial charge < -0.3 is 4.74 Å². The Hall–Kier alpha value is -1.13. The van der Waals surface area contributed by atoms with Gasteiger partial charge in [-0.1, -0.05) is 68.3 Å². The Kier molecular flexibility index (Phi) is 3.69. The van der Waals surface area contributed by atoms with Crippen molar-refractivity contribution in [3.8, 4) is 11.1 Å². The summed E-state index contributed by atoms with van der Waals surface area (Å²) < 4.78 is 4.90. The molecule has 102 valence electrons. The highest BCUT2D eigenvalue weighted by atomic mass is 79.9. The van der Waals surface area contributed by atoms with Gasteiger partial charge in [0.25, 0.3) is 0 Å². The summed E-state index contributed by atoms with van der Waals surface area (Å²) in [5.74, 6) is -0.301. The average molecular weight is 396 g/mol. The van der Waals surface area contributed by atoms with Gasteiger partial charge in [-0.2, -0.15) is 0 Å². The van der Waals surface area contributed by atoms with Gasteiger partial charge in [0.1, 0.15) is 0 Å². The van der Waals surface area contributed by atoms with Gasteiger partial charge in [-0.25, -0.2) is 4.79 Å². The number of fused-ring (bicyclic) bond motifs is 3. The molecule has 0 heterocycles. The first-order valence-electron chi connectivity index (χ1n) is 6.23. The fourth-order valence-electron chi connectivity index (χ4n) is 2.67. The molecular formula is C16H12Br2O2. The van der Waals surface area contributed by atoms with Crippen LogP contribution in [0, 0.1) is 0 Å². The highest BCUT2D eigenvalue weighted by molar-refractivity contribution is 9.12. The van der Waals surface area contributed by atoms with E-state index in [2.05, 4.69) is 44.0 Å². The van der Waals surface area contributed by atoms with Crippen LogP contribution in [-0.2, 0) is 4.74 Å². The predicted molar refractivity (Wildman–Crippen MR) is 86.6 cm³/mol. The summed E-state index contributed by atoms with van der Waals surface area (Å²) in [5.41, 5.74) is 5.07. The number of hydrogen-bond donors (Lipinski definition) is 0. The highest BCUT2D eigenvalue weighted by Gasteiger charge is 2.33. The minimum Gasteiger partial charge on any atom is -0.465 e. The van der Waals surface area contributed by atoms with Crippen molar-refractivity contribution in [2.45, 2.75) is 9.65 Å². The average Bonchev–Trinajstić information content (AvgIpc) is 2.51. The molecule has 2 nitrogen and oxygen atoms in total. The van der Waals surface area contributed by atoms with Gasteiger partial charge in [-0.15, -0.1) is 0 Å². The largest absolute Gasteiger partial charge is 0.465 e. The van der Waals surface area contributed by atoms with Crippen LogP contribution in [0.25, 0.3) is 11.1 Å². The molecule has 2 aromatic rings. The third-order valence-electron chi connectivity index (χ3n) is 3.59. The number of rotatable bonds is 1. The maximum atomic E-state index is 12.0. The minimum atomic E-state index is -0.301. The van der Waals surface area contributed by atoms with Gasteiger partial charge >= 0.3 is 5.97 Å². The van der Waals surface area contributed by atoms with Crippen molar-refractivity contribution in [3.63, 3.8) is 0 Å². The topological polar surface area (TPSA) is 26.3 Å². The van der Waals surface area contributed by atoms with Gasteiger partial charge in [-0.3, -0.25) is 0 Å². The van der Waals surface area contributed by atoms with Crippen molar-refractivity contribution in [3.05, 3.63) is 59.2 Å². The second kappa shape index (κ2) is 5.34. The van der Waals surface area contributed by atoms with Gasteiger partial charge in [0.05, 0.1) is 22.3 Å². The number of methoxy groups -OCH3 is 1. The number of esters is 1. The van der Waals surface area contributed by atoms with Crippen molar-refractivity contribution in [1.29, 1.82) is 0 Å². The molecule has 0 spiro atoms. The van der Waals surface area contributed by atoms with Crippen LogP contribution in [0.3, 0.4) is 0 Å². The normalized spacial score (nSPS) is 19.9. The standard InChI is InChI=1S/C16H12Br2O2/c1-20-16(19)12-8-4-7-10-9-5-2-3-6-11(9)14(17)15(18)13(10)12/h2-8,14-15H,1H3. The lowest BCUT2D eigenvalue weighted by Crippen LogP contribution is -2.15. The number of carbonyl (C=O) groups excluding carboxylic acids is 1. The van der Waals surface area contributed by atoms with Crippen LogP contribution in [0.5, 0.6) is 0 Å². The first-order chi connectivity index (χ1) is 9.65. The van der Waals surface area contributed by atoms with Crippen LogP contribution in [0.2, 0.25) is 0 Å². The molecule has 0 fully saturated rings. The van der Waals surface area contributed by atoms with Gasteiger partial charge in [0.15, 0.2) is 0 Å². The van der Waals surface area contributed by atoms with E-state index in [9.17, 15) is 4.79 Å². The fourth-order valence-corrected chi connectivity index (χ4v) is 4.11. The fraction of sp³-hybridized carbons (Fsp3) is 0.188. The molecular weight excluding hydrogens is 384 g/mol. The first kappa shape index (κ1) is 13.8. The van der Waals surface area contributed by atoms with E-state index in [1.807, 2.05) is 30.3 Å². The van der Waals surface area contributed by atoms with Crippen LogP contribution in [0.4, 0.5) is 0 Å². The molecule has 0 saturated carbocycles. The Morgan fingerprint density at radius 2 is 1.70 bits per heavy atom. The maximum absolute atomic E-state index is 12.0. The molecule has 0 saturated heterocycles. The van der Waals surface area contributed by atoms with Crippen LogP contribution < -0.4 is 0 Å². The van der Waals surface area contributed by atoms with Gasteiger partial charge in [-0.05, 0) is 28.3 Å². The molecule has 0 amide bonds. The molecule has 4 heteroatoms. The van der Waals surface area contributed by atoms with E-state index in [1.165, 1.54) is 12.7 Å². The van der Waals surface area contributed by atoms with E-state index in [-0.39, 0.29) is 15.6 Å². The van der Waals surface area contributed by atoms with E-state index >= 15 is 0 Å². The van der Waals surface area contributed by atoms with Crippen molar-refractivity contribution >= 4 is 37.8 Å². The van der Waals surface area contributed by atoms with Crippen LogP contribution >= 0.6 is 31.9 Å². The molecule has 2 atom stereocenters. The van der Waals surface area contributed by atoms with E-state index < -0.39 is 0 Å². The molecule has 0 aliphatic heterocycles. The molecule has 0 N–H and O–H groups in total. The van der Waals surface area contributed by atoms with Crippen molar-refractivity contribution in [1.82, 2.24) is 0 Å². The Morgan fingerprint density at radius 1 is 1.00 bits per heavy atom. The number of ether oxygens (including phenoxy) is 1. The van der Waals surface area contributed by atoms with E-state index in [1.54, 1.807) is 0 Å². The van der Waals surface area contributed by atoms with E-state index in [0.717, 1.165) is 16.7 Å². The molecule has 3 rings (SSSR count). The lowest BCUT2D eigenvalue weighted by atomic mass is 9.83. The number of carbonyl (C=O) groups is 1. The maximum Gasteiger partial charge on any atom is 0.338 e. The lowest BCUT2D eigenvalue weighted by molar-refractivity contribution is 0.0599. The zero-order chi connectivity index (χ0) is 14.3. The third kappa shape index (κ3) is 2.02. The molecule has 0 aromatic heterocycles. The number of halogens is 2. The van der Waals surface area contributed by atoms with Crippen molar-refractivity contribution < 1.29 is 9.53 Å². The Morgan fingerprint density at radius 3 is 2.45 bits per heavy atom. The quantitative estimate of drug-likeness (QED) is 0.500. The summed E-state index contributed by atoms with van der Waals surface area (Å²) in [5, 5.41) is 0. The summed E-state index contributed by atoms with van der Waals surface area (Å²) in [7, 11) is 1.41. The van der Waals surface area contributed by atoms with Crippen molar-refractivity contribution in [2.75, 3.05) is 7.11 Å². The zero-order valence-electron chi connectivity index (χ0n) is 10.8. The van der Waals surface area contributed by atoms with Crippen LogP contribution in [0.15, 0.2) is 42.5 Å². The molecule has 1 aliphatic rings. The second-order valence-corrected chi connectivity index (χ2v) is 6.62. The van der Waals surface area contributed by atoms with Crippen LogP contribution in [-0.4, -0.2) is 13.1 Å². The van der Waals surface area contributed by atoms with Gasteiger partial charge in [0.2, 0.25) is 0 Å². The molecule has 0 bridgehead atoms. The van der Waals surface area contributed by atoms with Crippen molar-refractivity contribution in [2.24, 2.45) is 0 Å². The van der Waals surface area contributed by atoms with E-state index in [4.69, 9.17) is 4.74 Å². The highest BCUT2D eigenvalue weighted by Crippen LogP contribution is 2.53. The summed E-state index contributed by atoms with van der Waals surface area (Å²) in [6.45, 7) is 0. The molecule has 20 heavy (non-hydrogen) atoms. The number of alkyl halides is 2. The smallest absolute Gasteiger partial charge is 0.338 e. The second-order valence-electron chi connectivity index (χ2n) is 4.65.